The minimum atomic E-state index is -0.102. The van der Waals surface area contributed by atoms with E-state index in [4.69, 9.17) is 16.1 Å². The number of aromatic nitrogens is 4. The van der Waals surface area contributed by atoms with E-state index in [2.05, 4.69) is 45.7 Å². The highest BCUT2D eigenvalue weighted by molar-refractivity contribution is 7.12. The molecule has 4 heterocycles. The molecule has 5 rings (SSSR count). The highest BCUT2D eigenvalue weighted by Crippen LogP contribution is 2.40. The van der Waals surface area contributed by atoms with Gasteiger partial charge in [0.2, 0.25) is 0 Å². The van der Waals surface area contributed by atoms with E-state index >= 15 is 0 Å². The summed E-state index contributed by atoms with van der Waals surface area (Å²) in [4.78, 5) is 13.4. The van der Waals surface area contributed by atoms with E-state index in [9.17, 15) is 0 Å². The fraction of sp³-hybridized carbons (Fsp3) is 0.182. The van der Waals surface area contributed by atoms with Gasteiger partial charge in [0.25, 0.3) is 0 Å². The van der Waals surface area contributed by atoms with E-state index in [1.165, 1.54) is 16.9 Å². The average molecular weight is 401 g/mol. The molecule has 29 heavy (non-hydrogen) atoms. The number of nitrogens with two attached hydrogens (primary N) is 1. The Kier molecular flexibility index (Phi) is 4.06. The molecule has 3 aromatic heterocycles. The normalized spacial score (nSPS) is 18.0. The summed E-state index contributed by atoms with van der Waals surface area (Å²) in [7, 11) is 0. The van der Waals surface area contributed by atoms with Gasteiger partial charge in [0.15, 0.2) is 0 Å². The van der Waals surface area contributed by atoms with Crippen molar-refractivity contribution in [2.45, 2.75) is 25.3 Å². The first-order valence-corrected chi connectivity index (χ1v) is 10.3. The fourth-order valence-corrected chi connectivity index (χ4v) is 4.78. The van der Waals surface area contributed by atoms with Crippen LogP contribution < -0.4 is 5.73 Å². The third-order valence-electron chi connectivity index (χ3n) is 5.68. The van der Waals surface area contributed by atoms with Crippen molar-refractivity contribution in [1.82, 2.24) is 19.5 Å². The molecule has 0 amide bonds. The van der Waals surface area contributed by atoms with Gasteiger partial charge in [0, 0.05) is 41.6 Å². The Bertz CT molecular complexity index is 1220. The van der Waals surface area contributed by atoms with Crippen LogP contribution in [0.5, 0.6) is 0 Å². The molecule has 7 heteroatoms. The first-order valence-electron chi connectivity index (χ1n) is 9.44. The van der Waals surface area contributed by atoms with Crippen LogP contribution in [-0.4, -0.2) is 25.2 Å². The van der Waals surface area contributed by atoms with Gasteiger partial charge in [-0.3, -0.25) is 5.41 Å². The lowest BCUT2D eigenvalue weighted by Crippen LogP contribution is -2.21. The molecule has 1 aliphatic heterocycles. The SMILES string of the molecule is CC1(c2cccc(-c3csc(C(=N)c4cccnc4N)n3)c2)CCn2ccnc21. The minimum Gasteiger partial charge on any atom is -0.383 e. The molecular formula is C22H20N6S. The number of fused-ring (bicyclic) bond motifs is 1. The maximum absolute atomic E-state index is 8.48. The van der Waals surface area contributed by atoms with Crippen LogP contribution in [0.1, 0.15) is 35.3 Å². The second-order valence-corrected chi connectivity index (χ2v) is 8.31. The van der Waals surface area contributed by atoms with Gasteiger partial charge in [-0.1, -0.05) is 18.2 Å². The van der Waals surface area contributed by atoms with Crippen molar-refractivity contribution in [2.75, 3.05) is 5.73 Å². The summed E-state index contributed by atoms with van der Waals surface area (Å²) in [6.07, 6.45) is 6.58. The number of pyridine rings is 1. The van der Waals surface area contributed by atoms with Gasteiger partial charge in [-0.2, -0.15) is 0 Å². The van der Waals surface area contributed by atoms with Gasteiger partial charge < -0.3 is 10.3 Å². The summed E-state index contributed by atoms with van der Waals surface area (Å²) in [5.74, 6) is 1.46. The van der Waals surface area contributed by atoms with Crippen molar-refractivity contribution >= 4 is 22.9 Å². The van der Waals surface area contributed by atoms with Gasteiger partial charge in [0.1, 0.15) is 22.4 Å². The smallest absolute Gasteiger partial charge is 0.142 e. The van der Waals surface area contributed by atoms with Crippen molar-refractivity contribution in [2.24, 2.45) is 0 Å². The summed E-state index contributed by atoms with van der Waals surface area (Å²) < 4.78 is 2.23. The summed E-state index contributed by atoms with van der Waals surface area (Å²) >= 11 is 1.45. The number of aryl methyl sites for hydroxylation is 1. The number of benzene rings is 1. The third-order valence-corrected chi connectivity index (χ3v) is 6.54. The molecule has 0 saturated heterocycles. The molecule has 1 aliphatic rings. The molecule has 0 radical (unpaired) electrons. The molecule has 4 aromatic rings. The number of hydrogen-bond donors (Lipinski definition) is 2. The number of anilines is 1. The number of imidazole rings is 1. The first-order chi connectivity index (χ1) is 14.1. The molecule has 1 unspecified atom stereocenters. The topological polar surface area (TPSA) is 93.5 Å². The summed E-state index contributed by atoms with van der Waals surface area (Å²) in [6, 6.07) is 12.1. The zero-order valence-corrected chi connectivity index (χ0v) is 16.8. The fourth-order valence-electron chi connectivity index (χ4n) is 3.99. The second-order valence-electron chi connectivity index (χ2n) is 7.46. The van der Waals surface area contributed by atoms with Crippen LogP contribution >= 0.6 is 11.3 Å². The minimum absolute atomic E-state index is 0.102. The largest absolute Gasteiger partial charge is 0.383 e. The lowest BCUT2D eigenvalue weighted by Gasteiger charge is -2.23. The highest BCUT2D eigenvalue weighted by Gasteiger charge is 2.37. The predicted molar refractivity (Wildman–Crippen MR) is 115 cm³/mol. The van der Waals surface area contributed by atoms with Crippen molar-refractivity contribution in [3.63, 3.8) is 0 Å². The van der Waals surface area contributed by atoms with Crippen LogP contribution in [0.3, 0.4) is 0 Å². The Labute approximate surface area is 172 Å². The molecular weight excluding hydrogens is 380 g/mol. The van der Waals surface area contributed by atoms with Crippen molar-refractivity contribution < 1.29 is 0 Å². The first kappa shape index (κ1) is 17.8. The number of nitrogen functional groups attached to an aromatic ring is 1. The molecule has 0 bridgehead atoms. The molecule has 0 spiro atoms. The Morgan fingerprint density at radius 2 is 2.10 bits per heavy atom. The lowest BCUT2D eigenvalue weighted by molar-refractivity contribution is 0.550. The zero-order valence-electron chi connectivity index (χ0n) is 16.0. The van der Waals surface area contributed by atoms with Gasteiger partial charge in [0.05, 0.1) is 11.1 Å². The average Bonchev–Trinajstić information content (AvgIpc) is 3.47. The van der Waals surface area contributed by atoms with Crippen molar-refractivity contribution in [1.29, 1.82) is 5.41 Å². The van der Waals surface area contributed by atoms with E-state index in [1.54, 1.807) is 18.3 Å². The molecule has 0 aliphatic carbocycles. The van der Waals surface area contributed by atoms with Gasteiger partial charge >= 0.3 is 0 Å². The second kappa shape index (κ2) is 6.63. The monoisotopic (exact) mass is 400 g/mol. The Hall–Kier alpha value is -3.32. The van der Waals surface area contributed by atoms with E-state index in [0.717, 1.165) is 30.0 Å². The Balaban J connectivity index is 1.49. The molecule has 1 aromatic carbocycles. The molecule has 144 valence electrons. The van der Waals surface area contributed by atoms with Crippen LogP contribution in [-0.2, 0) is 12.0 Å². The van der Waals surface area contributed by atoms with Crippen LogP contribution in [0.15, 0.2) is 60.4 Å². The van der Waals surface area contributed by atoms with Crippen LogP contribution in [0.2, 0.25) is 0 Å². The molecule has 1 atom stereocenters. The zero-order chi connectivity index (χ0) is 20.0. The van der Waals surface area contributed by atoms with E-state index in [-0.39, 0.29) is 5.41 Å². The quantitative estimate of drug-likeness (QED) is 0.504. The summed E-state index contributed by atoms with van der Waals surface area (Å²) in [5.41, 5.74) is 9.88. The number of rotatable bonds is 4. The maximum atomic E-state index is 8.48. The van der Waals surface area contributed by atoms with Crippen LogP contribution in [0, 0.1) is 5.41 Å². The Morgan fingerprint density at radius 1 is 1.21 bits per heavy atom. The third kappa shape index (κ3) is 2.86. The lowest BCUT2D eigenvalue weighted by atomic mass is 9.80. The van der Waals surface area contributed by atoms with E-state index < -0.39 is 0 Å². The Morgan fingerprint density at radius 3 is 2.97 bits per heavy atom. The highest BCUT2D eigenvalue weighted by atomic mass is 32.1. The van der Waals surface area contributed by atoms with Gasteiger partial charge in [-0.05, 0) is 37.1 Å². The molecule has 6 nitrogen and oxygen atoms in total. The van der Waals surface area contributed by atoms with Crippen molar-refractivity contribution in [3.05, 3.63) is 82.3 Å². The van der Waals surface area contributed by atoms with E-state index in [1.807, 2.05) is 17.8 Å². The summed E-state index contributed by atoms with van der Waals surface area (Å²) in [5, 5.41) is 11.1. The molecule has 0 fully saturated rings. The predicted octanol–water partition coefficient (Wildman–Crippen LogP) is 4.11. The number of nitrogens with zero attached hydrogens (tertiary/aromatic N) is 4. The number of thiazole rings is 1. The number of nitrogens with one attached hydrogen (secondary N) is 1. The number of hydrogen-bond acceptors (Lipinski definition) is 6. The summed E-state index contributed by atoms with van der Waals surface area (Å²) in [6.45, 7) is 3.24. The van der Waals surface area contributed by atoms with E-state index in [0.29, 0.717) is 22.1 Å². The van der Waals surface area contributed by atoms with Crippen LogP contribution in [0.25, 0.3) is 11.3 Å². The van der Waals surface area contributed by atoms with Gasteiger partial charge in [-0.15, -0.1) is 11.3 Å². The molecule has 3 N–H and O–H groups in total. The maximum Gasteiger partial charge on any atom is 0.142 e. The standard InChI is InChI=1S/C22H20N6S/c1-22(7-10-28-11-9-26-21(22)28)15-5-2-4-14(12-15)17-13-29-20(27-17)18(23)16-6-3-8-25-19(16)24/h2-6,8-9,11-13,23H,7,10H2,1H3,(H2,24,25). The van der Waals surface area contributed by atoms with Gasteiger partial charge in [-0.25, -0.2) is 15.0 Å². The molecule has 0 saturated carbocycles. The van der Waals surface area contributed by atoms with Crippen molar-refractivity contribution in [3.8, 4) is 11.3 Å². The van der Waals surface area contributed by atoms with Crippen LogP contribution in [0.4, 0.5) is 5.82 Å².